The summed E-state index contributed by atoms with van der Waals surface area (Å²) in [7, 11) is 0. The lowest BCUT2D eigenvalue weighted by Crippen LogP contribution is -2.12. The van der Waals surface area contributed by atoms with Crippen molar-refractivity contribution in [2.24, 2.45) is 5.73 Å². The normalized spacial score (nSPS) is 11.0. The molecule has 6 heteroatoms. The van der Waals surface area contributed by atoms with Gasteiger partial charge in [0.15, 0.2) is 5.69 Å². The van der Waals surface area contributed by atoms with Gasteiger partial charge in [-0.05, 0) is 31.5 Å². The minimum absolute atomic E-state index is 0.293. The molecule has 3 aromatic rings. The largest absolute Gasteiger partial charge is 0.364 e. The average Bonchev–Trinajstić information content (AvgIpc) is 2.86. The van der Waals surface area contributed by atoms with E-state index in [4.69, 9.17) is 5.73 Å². The number of benzene rings is 1. The first-order valence-electron chi connectivity index (χ1n) is 6.69. The number of rotatable bonds is 3. The molecular formula is C15H15N5O. The van der Waals surface area contributed by atoms with Crippen LogP contribution in [0.4, 0.5) is 0 Å². The maximum Gasteiger partial charge on any atom is 0.269 e. The predicted octanol–water partition coefficient (Wildman–Crippen LogP) is 1.92. The first-order valence-corrected chi connectivity index (χ1v) is 6.69. The van der Waals surface area contributed by atoms with Crippen molar-refractivity contribution in [3.8, 4) is 11.1 Å². The summed E-state index contributed by atoms with van der Waals surface area (Å²) in [6.45, 7) is 4.49. The van der Waals surface area contributed by atoms with Gasteiger partial charge in [0.25, 0.3) is 5.91 Å². The van der Waals surface area contributed by atoms with Gasteiger partial charge in [-0.3, -0.25) is 9.48 Å². The molecule has 0 spiro atoms. The third-order valence-corrected chi connectivity index (χ3v) is 3.40. The number of aromatic nitrogens is 4. The SMILES string of the molecule is CCn1nc(C(N)=O)c2cc(-c3cnc(C)nc3)ccc21. The first kappa shape index (κ1) is 13.2. The van der Waals surface area contributed by atoms with Crippen molar-refractivity contribution in [3.05, 3.63) is 42.1 Å². The lowest BCUT2D eigenvalue weighted by atomic mass is 10.1. The molecule has 1 amide bonds. The molecule has 0 atom stereocenters. The van der Waals surface area contributed by atoms with Crippen molar-refractivity contribution in [1.29, 1.82) is 0 Å². The van der Waals surface area contributed by atoms with Crippen LogP contribution in [0.15, 0.2) is 30.6 Å². The van der Waals surface area contributed by atoms with Gasteiger partial charge in [0, 0.05) is 29.9 Å². The van der Waals surface area contributed by atoms with Crippen LogP contribution >= 0.6 is 0 Å². The summed E-state index contributed by atoms with van der Waals surface area (Å²) in [6.07, 6.45) is 3.52. The fraction of sp³-hybridized carbons (Fsp3) is 0.200. The van der Waals surface area contributed by atoms with Crippen LogP contribution in [0, 0.1) is 6.92 Å². The minimum atomic E-state index is -0.524. The molecule has 1 aromatic carbocycles. The van der Waals surface area contributed by atoms with E-state index < -0.39 is 5.91 Å². The number of fused-ring (bicyclic) bond motifs is 1. The van der Waals surface area contributed by atoms with E-state index in [1.165, 1.54) is 0 Å². The number of carbonyl (C=O) groups excluding carboxylic acids is 1. The topological polar surface area (TPSA) is 86.7 Å². The van der Waals surface area contributed by atoms with Crippen LogP contribution in [0.3, 0.4) is 0 Å². The Bertz CT molecular complexity index is 820. The average molecular weight is 281 g/mol. The monoisotopic (exact) mass is 281 g/mol. The van der Waals surface area contributed by atoms with Crippen LogP contribution < -0.4 is 5.73 Å². The molecule has 0 aliphatic rings. The van der Waals surface area contributed by atoms with E-state index in [2.05, 4.69) is 15.1 Å². The standard InChI is InChI=1S/C15H15N5O/c1-3-20-13-5-4-10(11-7-17-9(2)18-8-11)6-12(13)14(19-20)15(16)21/h4-8H,3H2,1-2H3,(H2,16,21). The van der Waals surface area contributed by atoms with Crippen LogP contribution in [0.25, 0.3) is 22.0 Å². The summed E-state index contributed by atoms with van der Waals surface area (Å²) in [5.74, 6) is 0.195. The van der Waals surface area contributed by atoms with E-state index >= 15 is 0 Å². The molecule has 106 valence electrons. The summed E-state index contributed by atoms with van der Waals surface area (Å²) in [4.78, 5) is 19.9. The number of nitrogens with zero attached hydrogens (tertiary/aromatic N) is 4. The van der Waals surface area contributed by atoms with E-state index in [9.17, 15) is 4.79 Å². The molecule has 3 rings (SSSR count). The highest BCUT2D eigenvalue weighted by Crippen LogP contribution is 2.26. The zero-order valence-corrected chi connectivity index (χ0v) is 11.9. The van der Waals surface area contributed by atoms with Crippen molar-refractivity contribution < 1.29 is 4.79 Å². The number of primary amides is 1. The summed E-state index contributed by atoms with van der Waals surface area (Å²) < 4.78 is 1.77. The van der Waals surface area contributed by atoms with Gasteiger partial charge in [0.2, 0.25) is 0 Å². The Morgan fingerprint density at radius 1 is 1.24 bits per heavy atom. The smallest absolute Gasteiger partial charge is 0.269 e. The summed E-state index contributed by atoms with van der Waals surface area (Å²) in [5, 5.41) is 5.02. The number of hydrogen-bond acceptors (Lipinski definition) is 4. The second-order valence-electron chi connectivity index (χ2n) is 4.78. The maximum absolute atomic E-state index is 11.6. The fourth-order valence-electron chi connectivity index (χ4n) is 2.32. The number of carbonyl (C=O) groups is 1. The van der Waals surface area contributed by atoms with Crippen molar-refractivity contribution in [3.63, 3.8) is 0 Å². The van der Waals surface area contributed by atoms with Gasteiger partial charge in [-0.25, -0.2) is 9.97 Å². The minimum Gasteiger partial charge on any atom is -0.364 e. The van der Waals surface area contributed by atoms with Gasteiger partial charge < -0.3 is 5.73 Å². The van der Waals surface area contributed by atoms with Crippen molar-refractivity contribution in [1.82, 2.24) is 19.7 Å². The lowest BCUT2D eigenvalue weighted by molar-refractivity contribution is 0.0996. The second-order valence-corrected chi connectivity index (χ2v) is 4.78. The lowest BCUT2D eigenvalue weighted by Gasteiger charge is -2.03. The van der Waals surface area contributed by atoms with Gasteiger partial charge in [-0.1, -0.05) is 6.07 Å². The molecule has 0 radical (unpaired) electrons. The van der Waals surface area contributed by atoms with Crippen LogP contribution in [0.1, 0.15) is 23.2 Å². The summed E-state index contributed by atoms with van der Waals surface area (Å²) in [5.41, 5.74) is 8.42. The van der Waals surface area contributed by atoms with Gasteiger partial charge in [0.1, 0.15) is 5.82 Å². The Balaban J connectivity index is 2.21. The van der Waals surface area contributed by atoms with Gasteiger partial charge in [0.05, 0.1) is 5.52 Å². The van der Waals surface area contributed by atoms with E-state index in [-0.39, 0.29) is 0 Å². The molecule has 0 saturated carbocycles. The maximum atomic E-state index is 11.6. The second kappa shape index (κ2) is 4.97. The Labute approximate surface area is 121 Å². The van der Waals surface area contributed by atoms with Gasteiger partial charge in [-0.15, -0.1) is 0 Å². The highest BCUT2D eigenvalue weighted by Gasteiger charge is 2.15. The summed E-state index contributed by atoms with van der Waals surface area (Å²) >= 11 is 0. The zero-order valence-electron chi connectivity index (χ0n) is 11.9. The molecule has 0 aliphatic carbocycles. The molecule has 0 saturated heterocycles. The Hall–Kier alpha value is -2.76. The van der Waals surface area contributed by atoms with Crippen LogP contribution in [-0.2, 0) is 6.54 Å². The Morgan fingerprint density at radius 3 is 2.57 bits per heavy atom. The van der Waals surface area contributed by atoms with E-state index in [0.29, 0.717) is 12.2 Å². The van der Waals surface area contributed by atoms with E-state index in [0.717, 1.165) is 27.9 Å². The number of aryl methyl sites for hydroxylation is 2. The molecular weight excluding hydrogens is 266 g/mol. The summed E-state index contributed by atoms with van der Waals surface area (Å²) in [6, 6.07) is 5.81. The number of nitrogens with two attached hydrogens (primary N) is 1. The molecule has 0 aliphatic heterocycles. The van der Waals surface area contributed by atoms with E-state index in [1.54, 1.807) is 17.1 Å². The van der Waals surface area contributed by atoms with Crippen molar-refractivity contribution >= 4 is 16.8 Å². The molecule has 21 heavy (non-hydrogen) atoms. The third-order valence-electron chi connectivity index (χ3n) is 3.40. The van der Waals surface area contributed by atoms with E-state index in [1.807, 2.05) is 32.0 Å². The quantitative estimate of drug-likeness (QED) is 0.794. The molecule has 0 unspecified atom stereocenters. The predicted molar refractivity (Wildman–Crippen MR) is 79.7 cm³/mol. The van der Waals surface area contributed by atoms with Crippen molar-refractivity contribution in [2.75, 3.05) is 0 Å². The molecule has 6 nitrogen and oxygen atoms in total. The van der Waals surface area contributed by atoms with Crippen LogP contribution in [0.5, 0.6) is 0 Å². The molecule has 2 aromatic heterocycles. The van der Waals surface area contributed by atoms with Crippen LogP contribution in [0.2, 0.25) is 0 Å². The first-order chi connectivity index (χ1) is 10.1. The van der Waals surface area contributed by atoms with Crippen molar-refractivity contribution in [2.45, 2.75) is 20.4 Å². The number of hydrogen-bond donors (Lipinski definition) is 1. The number of amides is 1. The Kier molecular flexibility index (Phi) is 3.13. The highest BCUT2D eigenvalue weighted by molar-refractivity contribution is 6.05. The molecule has 0 bridgehead atoms. The van der Waals surface area contributed by atoms with Gasteiger partial charge >= 0.3 is 0 Å². The van der Waals surface area contributed by atoms with Gasteiger partial charge in [-0.2, -0.15) is 5.10 Å². The molecule has 2 heterocycles. The van der Waals surface area contributed by atoms with Crippen LogP contribution in [-0.4, -0.2) is 25.7 Å². The highest BCUT2D eigenvalue weighted by atomic mass is 16.1. The fourth-order valence-corrected chi connectivity index (χ4v) is 2.32. The molecule has 0 fully saturated rings. The third kappa shape index (κ3) is 2.24. The molecule has 2 N–H and O–H groups in total. The zero-order chi connectivity index (χ0) is 15.0. The Morgan fingerprint density at radius 2 is 1.95 bits per heavy atom.